The Labute approximate surface area is 110 Å². The molecule has 0 aromatic carbocycles. The minimum absolute atomic E-state index is 0.00673. The van der Waals surface area contributed by atoms with Gasteiger partial charge in [0.05, 0.1) is 13.0 Å². The summed E-state index contributed by atoms with van der Waals surface area (Å²) in [5.74, 6) is -0.954. The van der Waals surface area contributed by atoms with Crippen molar-refractivity contribution >= 4 is 11.8 Å². The van der Waals surface area contributed by atoms with Crippen LogP contribution in [0.2, 0.25) is 0 Å². The van der Waals surface area contributed by atoms with Gasteiger partial charge in [-0.15, -0.1) is 0 Å². The second-order valence-corrected chi connectivity index (χ2v) is 4.78. The van der Waals surface area contributed by atoms with Crippen LogP contribution in [0, 0.1) is 6.92 Å². The summed E-state index contributed by atoms with van der Waals surface area (Å²) < 4.78 is 13.3. The third-order valence-electron chi connectivity index (χ3n) is 3.23. The molecule has 102 valence electrons. The smallest absolute Gasteiger partial charge is 0.240 e. The van der Waals surface area contributed by atoms with Gasteiger partial charge in [0, 0.05) is 18.3 Å². The van der Waals surface area contributed by atoms with Crippen LogP contribution in [-0.4, -0.2) is 40.5 Å². The van der Waals surface area contributed by atoms with Crippen LogP contribution in [0.1, 0.15) is 17.7 Å². The van der Waals surface area contributed by atoms with Gasteiger partial charge in [0.25, 0.3) is 0 Å². The summed E-state index contributed by atoms with van der Waals surface area (Å²) in [5, 5.41) is 0. The summed E-state index contributed by atoms with van der Waals surface area (Å²) in [7, 11) is 0. The molecule has 2 amide bonds. The monoisotopic (exact) mass is 265 g/mol. The summed E-state index contributed by atoms with van der Waals surface area (Å²) in [6, 6.07) is 2.76. The fraction of sp³-hybridized carbons (Fsp3) is 0.462. The normalized spacial score (nSPS) is 22.5. The molecule has 1 saturated heterocycles. The van der Waals surface area contributed by atoms with Gasteiger partial charge in [0.15, 0.2) is 0 Å². The minimum Gasteiger partial charge on any atom is -0.368 e. The molecule has 1 aromatic rings. The van der Waals surface area contributed by atoms with Crippen LogP contribution >= 0.6 is 0 Å². The Kier molecular flexibility index (Phi) is 3.78. The van der Waals surface area contributed by atoms with Gasteiger partial charge in [-0.2, -0.15) is 0 Å². The largest absolute Gasteiger partial charge is 0.368 e. The van der Waals surface area contributed by atoms with Crippen molar-refractivity contribution in [2.24, 2.45) is 5.73 Å². The van der Waals surface area contributed by atoms with Gasteiger partial charge in [-0.05, 0) is 18.6 Å². The topological polar surface area (TPSA) is 76.3 Å². The molecule has 0 radical (unpaired) electrons. The first kappa shape index (κ1) is 13.5. The van der Waals surface area contributed by atoms with Crippen molar-refractivity contribution in [2.45, 2.75) is 32.0 Å². The third kappa shape index (κ3) is 3.07. The van der Waals surface area contributed by atoms with E-state index < -0.39 is 18.1 Å². The Morgan fingerprint density at radius 1 is 1.53 bits per heavy atom. The number of aromatic nitrogens is 1. The summed E-state index contributed by atoms with van der Waals surface area (Å²) in [6.07, 6.45) is 0.518. The van der Waals surface area contributed by atoms with Crippen LogP contribution in [0.25, 0.3) is 0 Å². The van der Waals surface area contributed by atoms with Crippen molar-refractivity contribution in [2.75, 3.05) is 6.54 Å². The van der Waals surface area contributed by atoms with Gasteiger partial charge in [-0.1, -0.05) is 6.07 Å². The Hall–Kier alpha value is -1.98. The number of carbonyl (C=O) groups excluding carboxylic acids is 2. The van der Waals surface area contributed by atoms with Crippen molar-refractivity contribution < 1.29 is 14.0 Å². The highest BCUT2D eigenvalue weighted by molar-refractivity contribution is 5.88. The lowest BCUT2D eigenvalue weighted by molar-refractivity contribution is -0.136. The first-order chi connectivity index (χ1) is 8.97. The molecule has 6 heteroatoms. The summed E-state index contributed by atoms with van der Waals surface area (Å²) >= 11 is 0. The molecule has 0 bridgehead atoms. The number of aryl methyl sites for hydroxylation is 1. The molecule has 1 aromatic heterocycles. The number of nitrogens with zero attached hydrogens (tertiary/aromatic N) is 2. The van der Waals surface area contributed by atoms with E-state index in [1.54, 1.807) is 18.3 Å². The van der Waals surface area contributed by atoms with E-state index in [4.69, 9.17) is 5.73 Å². The molecule has 19 heavy (non-hydrogen) atoms. The second-order valence-electron chi connectivity index (χ2n) is 4.78. The molecule has 1 aliphatic heterocycles. The Morgan fingerprint density at radius 3 is 2.84 bits per heavy atom. The first-order valence-electron chi connectivity index (χ1n) is 6.11. The molecule has 0 spiro atoms. The average molecular weight is 265 g/mol. The number of likely N-dealkylation sites (tertiary alicyclic amines) is 1. The van der Waals surface area contributed by atoms with Gasteiger partial charge in [-0.25, -0.2) is 4.39 Å². The van der Waals surface area contributed by atoms with Gasteiger partial charge in [0.1, 0.15) is 12.2 Å². The Bertz CT molecular complexity index is 489. The molecular formula is C13H16FN3O2. The summed E-state index contributed by atoms with van der Waals surface area (Å²) in [6.45, 7) is 1.79. The minimum atomic E-state index is -1.18. The molecule has 2 N–H and O–H groups in total. The molecule has 1 aliphatic rings. The van der Waals surface area contributed by atoms with E-state index in [1.807, 2.05) is 6.92 Å². The maximum atomic E-state index is 13.3. The molecule has 0 unspecified atom stereocenters. The van der Waals surface area contributed by atoms with Crippen molar-refractivity contribution in [3.8, 4) is 0 Å². The number of nitrogens with two attached hydrogens (primary N) is 1. The number of pyridine rings is 1. The van der Waals surface area contributed by atoms with Crippen molar-refractivity contribution in [1.29, 1.82) is 0 Å². The number of primary amides is 1. The van der Waals surface area contributed by atoms with Crippen LogP contribution in [0.3, 0.4) is 0 Å². The van der Waals surface area contributed by atoms with E-state index in [9.17, 15) is 14.0 Å². The number of hydrogen-bond donors (Lipinski definition) is 1. The van der Waals surface area contributed by atoms with Crippen LogP contribution in [0.15, 0.2) is 18.3 Å². The van der Waals surface area contributed by atoms with Gasteiger partial charge >= 0.3 is 0 Å². The molecule has 0 aliphatic carbocycles. The maximum Gasteiger partial charge on any atom is 0.240 e. The first-order valence-corrected chi connectivity index (χ1v) is 6.11. The fourth-order valence-corrected chi connectivity index (χ4v) is 2.21. The van der Waals surface area contributed by atoms with Crippen molar-refractivity contribution in [1.82, 2.24) is 9.88 Å². The number of alkyl halides is 1. The maximum absolute atomic E-state index is 13.3. The lowest BCUT2D eigenvalue weighted by atomic mass is 10.1. The lowest BCUT2D eigenvalue weighted by Gasteiger charge is -2.21. The zero-order valence-corrected chi connectivity index (χ0v) is 10.7. The molecular weight excluding hydrogens is 249 g/mol. The molecule has 1 fully saturated rings. The second kappa shape index (κ2) is 5.34. The molecule has 0 saturated carbocycles. The van der Waals surface area contributed by atoms with E-state index >= 15 is 0 Å². The zero-order valence-electron chi connectivity index (χ0n) is 10.7. The highest BCUT2D eigenvalue weighted by atomic mass is 19.1. The van der Waals surface area contributed by atoms with Gasteiger partial charge < -0.3 is 10.6 Å². The van der Waals surface area contributed by atoms with Crippen molar-refractivity contribution in [3.05, 3.63) is 29.6 Å². The predicted molar refractivity (Wildman–Crippen MR) is 66.9 cm³/mol. The number of carbonyl (C=O) groups is 2. The van der Waals surface area contributed by atoms with E-state index in [0.717, 1.165) is 11.3 Å². The number of hydrogen-bond acceptors (Lipinski definition) is 3. The van der Waals surface area contributed by atoms with Crippen LogP contribution in [0.4, 0.5) is 4.39 Å². The highest BCUT2D eigenvalue weighted by Gasteiger charge is 2.38. The quantitative estimate of drug-likeness (QED) is 0.857. The predicted octanol–water partition coefficient (Wildman–Crippen LogP) is 0.357. The molecule has 2 heterocycles. The fourth-order valence-electron chi connectivity index (χ4n) is 2.21. The number of rotatable bonds is 3. The van der Waals surface area contributed by atoms with Gasteiger partial charge in [0.2, 0.25) is 11.8 Å². The zero-order chi connectivity index (χ0) is 14.0. The van der Waals surface area contributed by atoms with E-state index in [-0.39, 0.29) is 25.3 Å². The lowest BCUT2D eigenvalue weighted by Crippen LogP contribution is -2.44. The van der Waals surface area contributed by atoms with E-state index in [0.29, 0.717) is 0 Å². The standard InChI is InChI=1S/C13H16FN3O2/c1-8-2-3-9(6-16-8)4-12(18)17-7-10(14)5-11(17)13(15)19/h2-3,6,10-11H,4-5,7H2,1H3,(H2,15,19)/t10-,11+/m1/s1. The molecule has 5 nitrogen and oxygen atoms in total. The SMILES string of the molecule is Cc1ccc(CC(=O)N2C[C@H](F)C[C@H]2C(N)=O)cn1. The Morgan fingerprint density at radius 2 is 2.26 bits per heavy atom. The molecule has 2 rings (SSSR count). The number of halogens is 1. The van der Waals surface area contributed by atoms with Crippen LogP contribution in [0.5, 0.6) is 0 Å². The third-order valence-corrected chi connectivity index (χ3v) is 3.23. The van der Waals surface area contributed by atoms with E-state index in [2.05, 4.69) is 4.98 Å². The number of amides is 2. The Balaban J connectivity index is 2.06. The van der Waals surface area contributed by atoms with Crippen LogP contribution in [-0.2, 0) is 16.0 Å². The van der Waals surface area contributed by atoms with Gasteiger partial charge in [-0.3, -0.25) is 14.6 Å². The summed E-state index contributed by atoms with van der Waals surface area (Å²) in [5.41, 5.74) is 6.78. The highest BCUT2D eigenvalue weighted by Crippen LogP contribution is 2.21. The van der Waals surface area contributed by atoms with Crippen LogP contribution < -0.4 is 5.73 Å². The van der Waals surface area contributed by atoms with Crippen molar-refractivity contribution in [3.63, 3.8) is 0 Å². The summed E-state index contributed by atoms with van der Waals surface area (Å²) in [4.78, 5) is 28.6. The average Bonchev–Trinajstić information content (AvgIpc) is 2.74. The van der Waals surface area contributed by atoms with E-state index in [1.165, 1.54) is 4.90 Å². The molecule has 2 atom stereocenters.